The van der Waals surface area contributed by atoms with E-state index in [0.717, 1.165) is 42.1 Å². The fraction of sp³-hybridized carbons (Fsp3) is 0.286. The van der Waals surface area contributed by atoms with Gasteiger partial charge in [-0.1, -0.05) is 47.3 Å². The van der Waals surface area contributed by atoms with E-state index < -0.39 is 17.8 Å². The molecular weight excluding hydrogens is 424 g/mol. The van der Waals surface area contributed by atoms with E-state index in [0.29, 0.717) is 11.5 Å². The Bertz CT molecular complexity index is 955. The van der Waals surface area contributed by atoms with Gasteiger partial charge in [0.2, 0.25) is 0 Å². The van der Waals surface area contributed by atoms with Crippen LogP contribution in [0.4, 0.5) is 4.79 Å². The second kappa shape index (κ2) is 7.75. The van der Waals surface area contributed by atoms with Gasteiger partial charge < -0.3 is 4.42 Å². The molecular formula is C21H19BrN2O4. The van der Waals surface area contributed by atoms with Crippen LogP contribution in [0.5, 0.6) is 0 Å². The van der Waals surface area contributed by atoms with E-state index in [1.807, 2.05) is 24.3 Å². The Morgan fingerprint density at radius 2 is 1.71 bits per heavy atom. The maximum absolute atomic E-state index is 12.9. The first-order valence-corrected chi connectivity index (χ1v) is 10.1. The first kappa shape index (κ1) is 18.7. The molecule has 0 radical (unpaired) electrons. The van der Waals surface area contributed by atoms with Crippen LogP contribution in [0.15, 0.2) is 50.9 Å². The number of imide groups is 2. The number of urea groups is 1. The number of furan rings is 1. The fourth-order valence-corrected chi connectivity index (χ4v) is 3.95. The Labute approximate surface area is 170 Å². The van der Waals surface area contributed by atoms with E-state index in [-0.39, 0.29) is 11.6 Å². The van der Waals surface area contributed by atoms with E-state index in [1.54, 1.807) is 12.1 Å². The highest BCUT2D eigenvalue weighted by Crippen LogP contribution is 2.28. The normalized spacial score (nSPS) is 20.0. The van der Waals surface area contributed by atoms with Gasteiger partial charge in [0, 0.05) is 16.1 Å². The number of hydrogen-bond donors (Lipinski definition) is 1. The van der Waals surface area contributed by atoms with Crippen molar-refractivity contribution in [2.24, 2.45) is 0 Å². The van der Waals surface area contributed by atoms with Gasteiger partial charge in [-0.3, -0.25) is 19.8 Å². The molecule has 0 spiro atoms. The second-order valence-electron chi connectivity index (χ2n) is 6.99. The minimum absolute atomic E-state index is 0.0816. The van der Waals surface area contributed by atoms with Gasteiger partial charge in [-0.2, -0.15) is 0 Å². The van der Waals surface area contributed by atoms with Gasteiger partial charge in [-0.25, -0.2) is 4.79 Å². The molecule has 2 fully saturated rings. The molecule has 4 rings (SSSR count). The molecule has 1 aliphatic carbocycles. The molecule has 0 bridgehead atoms. The van der Waals surface area contributed by atoms with Crippen molar-refractivity contribution < 1.29 is 18.8 Å². The Balaban J connectivity index is 1.61. The molecule has 1 saturated carbocycles. The molecule has 1 N–H and O–H groups in total. The number of carbonyl (C=O) groups excluding carboxylic acids is 3. The van der Waals surface area contributed by atoms with Gasteiger partial charge in [0.05, 0.1) is 0 Å². The number of rotatable bonds is 3. The van der Waals surface area contributed by atoms with Crippen LogP contribution < -0.4 is 5.32 Å². The molecule has 1 aromatic carbocycles. The third kappa shape index (κ3) is 3.67. The van der Waals surface area contributed by atoms with Gasteiger partial charge in [-0.05, 0) is 43.2 Å². The topological polar surface area (TPSA) is 79.6 Å². The van der Waals surface area contributed by atoms with Gasteiger partial charge in [0.15, 0.2) is 0 Å². The molecule has 2 aromatic rings. The van der Waals surface area contributed by atoms with Crippen LogP contribution in [0, 0.1) is 0 Å². The van der Waals surface area contributed by atoms with Crippen molar-refractivity contribution >= 4 is 39.9 Å². The minimum Gasteiger partial charge on any atom is -0.457 e. The molecule has 1 aromatic heterocycles. The molecule has 6 nitrogen and oxygen atoms in total. The van der Waals surface area contributed by atoms with Crippen LogP contribution in [0.2, 0.25) is 0 Å². The highest BCUT2D eigenvalue weighted by atomic mass is 79.9. The zero-order valence-corrected chi connectivity index (χ0v) is 16.7. The van der Waals surface area contributed by atoms with Gasteiger partial charge in [0.25, 0.3) is 11.8 Å². The summed E-state index contributed by atoms with van der Waals surface area (Å²) in [6, 6.07) is 10.3. The number of nitrogens with zero attached hydrogens (tertiary/aromatic N) is 1. The predicted octanol–water partition coefficient (Wildman–Crippen LogP) is 4.50. The first-order valence-electron chi connectivity index (χ1n) is 9.29. The van der Waals surface area contributed by atoms with E-state index in [9.17, 15) is 14.4 Å². The molecule has 2 heterocycles. The van der Waals surface area contributed by atoms with Crippen LogP contribution >= 0.6 is 15.9 Å². The van der Waals surface area contributed by atoms with Crippen molar-refractivity contribution in [3.05, 3.63) is 52.2 Å². The average molecular weight is 443 g/mol. The highest BCUT2D eigenvalue weighted by Gasteiger charge is 2.40. The molecule has 2 aliphatic rings. The number of nitrogens with one attached hydrogen (secondary N) is 1. The third-order valence-electron chi connectivity index (χ3n) is 5.12. The summed E-state index contributed by atoms with van der Waals surface area (Å²) in [5.74, 6) is -0.233. The Kier molecular flexibility index (Phi) is 5.17. The molecule has 144 valence electrons. The molecule has 1 saturated heterocycles. The van der Waals surface area contributed by atoms with E-state index in [1.165, 1.54) is 11.0 Å². The summed E-state index contributed by atoms with van der Waals surface area (Å²) in [5, 5.41) is 2.28. The molecule has 7 heteroatoms. The van der Waals surface area contributed by atoms with Gasteiger partial charge >= 0.3 is 6.03 Å². The number of amides is 4. The van der Waals surface area contributed by atoms with Crippen LogP contribution in [0.3, 0.4) is 0 Å². The number of barbiturate groups is 1. The molecule has 28 heavy (non-hydrogen) atoms. The standard InChI is InChI=1S/C21H19BrN2O4/c22-14-8-6-13(7-9-14)18-11-10-16(28-18)12-17-19(25)23-21(27)24(20(17)26)15-4-2-1-3-5-15/h6-12,15H,1-5H2,(H,23,25,27). The van der Waals surface area contributed by atoms with Crippen molar-refractivity contribution in [1.82, 2.24) is 10.2 Å². The summed E-state index contributed by atoms with van der Waals surface area (Å²) in [6.07, 6.45) is 6.01. The predicted molar refractivity (Wildman–Crippen MR) is 107 cm³/mol. The third-order valence-corrected chi connectivity index (χ3v) is 5.64. The Morgan fingerprint density at radius 1 is 1.00 bits per heavy atom. The lowest BCUT2D eigenvalue weighted by Gasteiger charge is -2.35. The van der Waals surface area contributed by atoms with Crippen LogP contribution in [-0.4, -0.2) is 28.8 Å². The lowest BCUT2D eigenvalue weighted by Crippen LogP contribution is -2.58. The van der Waals surface area contributed by atoms with E-state index >= 15 is 0 Å². The fourth-order valence-electron chi connectivity index (χ4n) is 3.68. The molecule has 0 atom stereocenters. The maximum atomic E-state index is 12.9. The Hall–Kier alpha value is -2.67. The summed E-state index contributed by atoms with van der Waals surface area (Å²) in [7, 11) is 0. The molecule has 1 aliphatic heterocycles. The molecule has 4 amide bonds. The number of benzene rings is 1. The van der Waals surface area contributed by atoms with Crippen molar-refractivity contribution in [3.8, 4) is 11.3 Å². The van der Waals surface area contributed by atoms with Crippen molar-refractivity contribution in [3.63, 3.8) is 0 Å². The van der Waals surface area contributed by atoms with Crippen molar-refractivity contribution in [2.75, 3.05) is 0 Å². The summed E-state index contributed by atoms with van der Waals surface area (Å²) in [6.45, 7) is 0. The van der Waals surface area contributed by atoms with Crippen molar-refractivity contribution in [1.29, 1.82) is 0 Å². The molecule has 0 unspecified atom stereocenters. The number of halogens is 1. The van der Waals surface area contributed by atoms with Crippen LogP contribution in [0.25, 0.3) is 17.4 Å². The summed E-state index contributed by atoms with van der Waals surface area (Å²) >= 11 is 3.39. The van der Waals surface area contributed by atoms with Gasteiger partial charge in [0.1, 0.15) is 17.1 Å². The van der Waals surface area contributed by atoms with Gasteiger partial charge in [-0.15, -0.1) is 0 Å². The van der Waals surface area contributed by atoms with Crippen LogP contribution in [-0.2, 0) is 9.59 Å². The summed E-state index contributed by atoms with van der Waals surface area (Å²) in [4.78, 5) is 38.6. The van der Waals surface area contributed by atoms with Crippen LogP contribution in [0.1, 0.15) is 37.9 Å². The summed E-state index contributed by atoms with van der Waals surface area (Å²) in [5.41, 5.74) is 0.799. The lowest BCUT2D eigenvalue weighted by molar-refractivity contribution is -0.132. The van der Waals surface area contributed by atoms with E-state index in [4.69, 9.17) is 4.42 Å². The number of hydrogen-bond acceptors (Lipinski definition) is 4. The Morgan fingerprint density at radius 3 is 2.43 bits per heavy atom. The smallest absolute Gasteiger partial charge is 0.331 e. The number of carbonyl (C=O) groups is 3. The zero-order chi connectivity index (χ0) is 19.7. The zero-order valence-electron chi connectivity index (χ0n) is 15.1. The van der Waals surface area contributed by atoms with Crippen molar-refractivity contribution in [2.45, 2.75) is 38.1 Å². The highest BCUT2D eigenvalue weighted by molar-refractivity contribution is 9.10. The van der Waals surface area contributed by atoms with E-state index in [2.05, 4.69) is 21.2 Å². The summed E-state index contributed by atoms with van der Waals surface area (Å²) < 4.78 is 6.75. The lowest BCUT2D eigenvalue weighted by atomic mass is 9.93. The average Bonchev–Trinajstić information content (AvgIpc) is 3.15. The quantitative estimate of drug-likeness (QED) is 0.560. The minimum atomic E-state index is -0.691. The monoisotopic (exact) mass is 442 g/mol. The maximum Gasteiger partial charge on any atom is 0.331 e. The largest absolute Gasteiger partial charge is 0.457 e. The second-order valence-corrected chi connectivity index (χ2v) is 7.91. The first-order chi connectivity index (χ1) is 13.5. The SMILES string of the molecule is O=C1NC(=O)N(C2CCCCC2)C(=O)C1=Cc1ccc(-c2ccc(Br)cc2)o1.